The summed E-state index contributed by atoms with van der Waals surface area (Å²) in [5.74, 6) is 0.930. The zero-order chi connectivity index (χ0) is 19.9. The highest BCUT2D eigenvalue weighted by Gasteiger charge is 2.12. The number of aryl methyl sites for hydroxylation is 1. The molecular formula is C21H24N4O3. The van der Waals surface area contributed by atoms with Crippen LogP contribution in [0.3, 0.4) is 0 Å². The number of rotatable bonds is 9. The molecule has 0 bridgehead atoms. The lowest BCUT2D eigenvalue weighted by molar-refractivity contribution is -0.384. The van der Waals surface area contributed by atoms with Gasteiger partial charge in [-0.2, -0.15) is 5.10 Å². The predicted molar refractivity (Wildman–Crippen MR) is 108 cm³/mol. The second kappa shape index (κ2) is 9.14. The lowest BCUT2D eigenvalue weighted by Crippen LogP contribution is -2.17. The zero-order valence-corrected chi connectivity index (χ0v) is 16.1. The molecule has 7 heteroatoms. The average Bonchev–Trinajstić information content (AvgIpc) is 3.07. The summed E-state index contributed by atoms with van der Waals surface area (Å²) in [4.78, 5) is 10.4. The Morgan fingerprint density at radius 1 is 1.14 bits per heavy atom. The molecule has 7 nitrogen and oxygen atoms in total. The minimum Gasteiger partial charge on any atom is -0.494 e. The van der Waals surface area contributed by atoms with Gasteiger partial charge < -0.3 is 10.1 Å². The van der Waals surface area contributed by atoms with Gasteiger partial charge in [0.25, 0.3) is 5.69 Å². The lowest BCUT2D eigenvalue weighted by Gasteiger charge is -2.10. The van der Waals surface area contributed by atoms with Crippen molar-refractivity contribution in [1.29, 1.82) is 0 Å². The molecule has 0 unspecified atom stereocenters. The van der Waals surface area contributed by atoms with E-state index in [-0.39, 0.29) is 5.69 Å². The van der Waals surface area contributed by atoms with Gasteiger partial charge in [0.05, 0.1) is 17.2 Å². The van der Waals surface area contributed by atoms with Crippen LogP contribution in [0.25, 0.3) is 11.3 Å². The minimum absolute atomic E-state index is 0.0762. The van der Waals surface area contributed by atoms with Crippen LogP contribution in [0.1, 0.15) is 18.1 Å². The van der Waals surface area contributed by atoms with Crippen LogP contribution >= 0.6 is 0 Å². The van der Waals surface area contributed by atoms with Crippen LogP contribution in [-0.4, -0.2) is 27.9 Å². The summed E-state index contributed by atoms with van der Waals surface area (Å²) in [6.07, 6.45) is 2.83. The lowest BCUT2D eigenvalue weighted by atomic mass is 10.1. The second-order valence-electron chi connectivity index (χ2n) is 6.45. The predicted octanol–water partition coefficient (Wildman–Crippen LogP) is 3.73. The van der Waals surface area contributed by atoms with Crippen molar-refractivity contribution in [3.63, 3.8) is 0 Å². The van der Waals surface area contributed by atoms with Crippen LogP contribution in [0.15, 0.2) is 54.7 Å². The first-order valence-corrected chi connectivity index (χ1v) is 9.27. The summed E-state index contributed by atoms with van der Waals surface area (Å²) < 4.78 is 7.43. The van der Waals surface area contributed by atoms with Crippen molar-refractivity contribution in [2.24, 2.45) is 7.05 Å². The standard InChI is InChI=1S/C21H24N4O3/c1-3-28-20-7-5-4-6-16(20)12-13-22-14-18-15-24(2)23-21(18)17-8-10-19(11-9-17)25(26)27/h4-11,15,22H,3,12-14H2,1-2H3. The maximum atomic E-state index is 10.8. The fourth-order valence-corrected chi connectivity index (χ4v) is 3.10. The second-order valence-corrected chi connectivity index (χ2v) is 6.45. The summed E-state index contributed by atoms with van der Waals surface area (Å²) in [6.45, 7) is 4.10. The summed E-state index contributed by atoms with van der Waals surface area (Å²) in [6, 6.07) is 14.6. The monoisotopic (exact) mass is 380 g/mol. The van der Waals surface area contributed by atoms with Gasteiger partial charge in [-0.15, -0.1) is 0 Å². The molecule has 0 amide bonds. The maximum absolute atomic E-state index is 10.8. The number of hydrogen-bond donors (Lipinski definition) is 1. The van der Waals surface area contributed by atoms with Crippen molar-refractivity contribution >= 4 is 5.69 Å². The van der Waals surface area contributed by atoms with Gasteiger partial charge in [-0.25, -0.2) is 0 Å². The number of benzene rings is 2. The van der Waals surface area contributed by atoms with Crippen molar-refractivity contribution in [3.8, 4) is 17.0 Å². The summed E-state index contributed by atoms with van der Waals surface area (Å²) >= 11 is 0. The normalized spacial score (nSPS) is 10.8. The number of para-hydroxylation sites is 1. The Labute approximate surface area is 164 Å². The van der Waals surface area contributed by atoms with Crippen molar-refractivity contribution in [1.82, 2.24) is 15.1 Å². The number of ether oxygens (including phenoxy) is 1. The molecule has 0 aliphatic rings. The van der Waals surface area contributed by atoms with Gasteiger partial charge >= 0.3 is 0 Å². The topological polar surface area (TPSA) is 82.2 Å². The van der Waals surface area contributed by atoms with E-state index in [1.54, 1.807) is 16.8 Å². The smallest absolute Gasteiger partial charge is 0.269 e. The van der Waals surface area contributed by atoms with E-state index in [0.717, 1.165) is 35.5 Å². The van der Waals surface area contributed by atoms with E-state index in [4.69, 9.17) is 4.74 Å². The number of aromatic nitrogens is 2. The Kier molecular flexibility index (Phi) is 6.39. The first-order valence-electron chi connectivity index (χ1n) is 9.27. The summed E-state index contributed by atoms with van der Waals surface area (Å²) in [7, 11) is 1.87. The molecule has 0 saturated heterocycles. The molecule has 1 aromatic heterocycles. The number of non-ortho nitro benzene ring substituents is 1. The van der Waals surface area contributed by atoms with Crippen molar-refractivity contribution in [3.05, 3.63) is 76.0 Å². The quantitative estimate of drug-likeness (QED) is 0.347. The SMILES string of the molecule is CCOc1ccccc1CCNCc1cn(C)nc1-c1ccc([N+](=O)[O-])cc1. The van der Waals surface area contributed by atoms with Crippen LogP contribution in [0.2, 0.25) is 0 Å². The van der Waals surface area contributed by atoms with Gasteiger partial charge in [0.15, 0.2) is 0 Å². The maximum Gasteiger partial charge on any atom is 0.269 e. The first-order chi connectivity index (χ1) is 13.6. The minimum atomic E-state index is -0.398. The van der Waals surface area contributed by atoms with E-state index < -0.39 is 4.92 Å². The number of nitrogens with zero attached hydrogens (tertiary/aromatic N) is 3. The van der Waals surface area contributed by atoms with Gasteiger partial charge in [0, 0.05) is 43.0 Å². The number of nitro groups is 1. The van der Waals surface area contributed by atoms with Gasteiger partial charge in [-0.3, -0.25) is 14.8 Å². The molecule has 1 N–H and O–H groups in total. The third kappa shape index (κ3) is 4.75. The fraction of sp³-hybridized carbons (Fsp3) is 0.286. The molecule has 0 aliphatic heterocycles. The molecular weight excluding hydrogens is 356 g/mol. The highest BCUT2D eigenvalue weighted by molar-refractivity contribution is 5.64. The Hall–Kier alpha value is -3.19. The van der Waals surface area contributed by atoms with E-state index in [2.05, 4.69) is 16.5 Å². The molecule has 0 radical (unpaired) electrons. The summed E-state index contributed by atoms with van der Waals surface area (Å²) in [5, 5.41) is 18.8. The molecule has 3 rings (SSSR count). The molecule has 0 aliphatic carbocycles. The first kappa shape index (κ1) is 19.6. The average molecular weight is 380 g/mol. The molecule has 146 valence electrons. The van der Waals surface area contributed by atoms with Gasteiger partial charge in [-0.05, 0) is 43.7 Å². The van der Waals surface area contributed by atoms with Gasteiger partial charge in [0.1, 0.15) is 5.75 Å². The van der Waals surface area contributed by atoms with E-state index in [1.807, 2.05) is 38.4 Å². The van der Waals surface area contributed by atoms with Gasteiger partial charge in [0.2, 0.25) is 0 Å². The highest BCUT2D eigenvalue weighted by Crippen LogP contribution is 2.24. The number of nitro benzene ring substituents is 1. The van der Waals surface area contributed by atoms with E-state index in [1.165, 1.54) is 17.7 Å². The van der Waals surface area contributed by atoms with Crippen molar-refractivity contribution < 1.29 is 9.66 Å². The molecule has 2 aromatic carbocycles. The Morgan fingerprint density at radius 2 is 1.89 bits per heavy atom. The van der Waals surface area contributed by atoms with Crippen LogP contribution in [0, 0.1) is 10.1 Å². The molecule has 0 spiro atoms. The number of nitrogens with one attached hydrogen (secondary N) is 1. The van der Waals surface area contributed by atoms with Crippen molar-refractivity contribution in [2.45, 2.75) is 19.9 Å². The third-order valence-electron chi connectivity index (χ3n) is 4.42. The molecule has 0 atom stereocenters. The number of hydrogen-bond acceptors (Lipinski definition) is 5. The Morgan fingerprint density at radius 3 is 2.61 bits per heavy atom. The molecule has 1 heterocycles. The molecule has 28 heavy (non-hydrogen) atoms. The van der Waals surface area contributed by atoms with E-state index in [9.17, 15) is 10.1 Å². The highest BCUT2D eigenvalue weighted by atomic mass is 16.6. The largest absolute Gasteiger partial charge is 0.494 e. The molecule has 0 fully saturated rings. The summed E-state index contributed by atoms with van der Waals surface area (Å²) in [5.41, 5.74) is 4.00. The van der Waals surface area contributed by atoms with Crippen LogP contribution in [0.4, 0.5) is 5.69 Å². The molecule has 0 saturated carbocycles. The van der Waals surface area contributed by atoms with Crippen LogP contribution < -0.4 is 10.1 Å². The third-order valence-corrected chi connectivity index (χ3v) is 4.42. The molecule has 3 aromatic rings. The zero-order valence-electron chi connectivity index (χ0n) is 16.1. The van der Waals surface area contributed by atoms with Gasteiger partial charge in [-0.1, -0.05) is 18.2 Å². The Bertz CT molecular complexity index is 935. The van der Waals surface area contributed by atoms with E-state index >= 15 is 0 Å². The fourth-order valence-electron chi connectivity index (χ4n) is 3.10. The Balaban J connectivity index is 1.63. The van der Waals surface area contributed by atoms with Crippen LogP contribution in [-0.2, 0) is 20.0 Å². The van der Waals surface area contributed by atoms with Crippen LogP contribution in [0.5, 0.6) is 5.75 Å². The van der Waals surface area contributed by atoms with E-state index in [0.29, 0.717) is 13.2 Å². The van der Waals surface area contributed by atoms with Crippen molar-refractivity contribution in [2.75, 3.05) is 13.2 Å².